The number of benzene rings is 2. The molecule has 0 spiro atoms. The van der Waals surface area contributed by atoms with E-state index in [9.17, 15) is 14.4 Å². The Morgan fingerprint density at radius 3 is 2.38 bits per heavy atom. The maximum absolute atomic E-state index is 13.7. The van der Waals surface area contributed by atoms with E-state index in [0.29, 0.717) is 36.3 Å². The molecule has 1 aliphatic heterocycles. The summed E-state index contributed by atoms with van der Waals surface area (Å²) in [4.78, 5) is 44.4. The SMILES string of the molecule is CCOC(=O)CNC(C)(C(=O)N1CCCC1)c1ccc2c(c1)nc(CNc1ccc(C(=N)NC(=O)OCC(Cl)(Cl)Cl)cc1)n2C. The molecule has 0 aliphatic carbocycles. The van der Waals surface area contributed by atoms with Gasteiger partial charge >= 0.3 is 12.1 Å². The van der Waals surface area contributed by atoms with Crippen molar-refractivity contribution in [3.63, 3.8) is 0 Å². The quantitative estimate of drug-likeness (QED) is 0.0994. The third-order valence-corrected chi connectivity index (χ3v) is 7.81. The van der Waals surface area contributed by atoms with Gasteiger partial charge in [0.15, 0.2) is 0 Å². The van der Waals surface area contributed by atoms with E-state index in [2.05, 4.69) is 16.0 Å². The largest absolute Gasteiger partial charge is 0.465 e. The van der Waals surface area contributed by atoms with Gasteiger partial charge in [-0.2, -0.15) is 0 Å². The van der Waals surface area contributed by atoms with Crippen molar-refractivity contribution in [1.82, 2.24) is 25.1 Å². The lowest BCUT2D eigenvalue weighted by molar-refractivity contribution is -0.143. The number of carbonyl (C=O) groups excluding carboxylic acids is 3. The Morgan fingerprint density at radius 2 is 1.73 bits per heavy atom. The lowest BCUT2D eigenvalue weighted by Gasteiger charge is -2.33. The standard InChI is InChI=1S/C30H36Cl3N7O5/c1-4-44-25(41)17-36-29(2,27(42)40-13-5-6-14-40)20-9-12-23-22(15-20)37-24(39(23)3)16-35-21-10-7-19(8-11-21)26(34)38-28(43)45-18-30(31,32)33/h7-12,15,35-36H,4-6,13-14,16-18H2,1-3H3,(H2,34,38,43). The third kappa shape index (κ3) is 8.78. The molecule has 4 N–H and O–H groups in total. The van der Waals surface area contributed by atoms with Crippen molar-refractivity contribution in [2.24, 2.45) is 7.05 Å². The first-order valence-electron chi connectivity index (χ1n) is 14.4. The molecule has 0 radical (unpaired) electrons. The fourth-order valence-corrected chi connectivity index (χ4v) is 5.17. The molecule has 12 nitrogen and oxygen atoms in total. The summed E-state index contributed by atoms with van der Waals surface area (Å²) in [6, 6.07) is 12.6. The summed E-state index contributed by atoms with van der Waals surface area (Å²) in [5, 5.41) is 16.9. The average molecular weight is 681 g/mol. The molecule has 2 amide bonds. The predicted molar refractivity (Wildman–Crippen MR) is 174 cm³/mol. The molecule has 1 saturated heterocycles. The second kappa shape index (κ2) is 14.7. The van der Waals surface area contributed by atoms with Crippen LogP contribution in [0.25, 0.3) is 11.0 Å². The van der Waals surface area contributed by atoms with Crippen LogP contribution in [0.2, 0.25) is 0 Å². The van der Waals surface area contributed by atoms with Crippen molar-refractivity contribution in [2.45, 2.75) is 42.6 Å². The fraction of sp³-hybridized carbons (Fsp3) is 0.433. The number of halogens is 3. The molecule has 1 aromatic heterocycles. The van der Waals surface area contributed by atoms with Crippen LogP contribution in [0.15, 0.2) is 42.5 Å². The molecule has 1 atom stereocenters. The van der Waals surface area contributed by atoms with Gasteiger partial charge in [-0.05, 0) is 68.7 Å². The summed E-state index contributed by atoms with van der Waals surface area (Å²) < 4.78 is 10.1. The molecule has 0 bridgehead atoms. The Balaban J connectivity index is 1.45. The molecule has 45 heavy (non-hydrogen) atoms. The molecule has 2 aromatic carbocycles. The van der Waals surface area contributed by atoms with Gasteiger partial charge in [-0.15, -0.1) is 0 Å². The van der Waals surface area contributed by atoms with Crippen LogP contribution in [0.3, 0.4) is 0 Å². The number of hydrogen-bond donors (Lipinski definition) is 4. The van der Waals surface area contributed by atoms with E-state index < -0.39 is 28.0 Å². The lowest BCUT2D eigenvalue weighted by atomic mass is 9.89. The number of anilines is 1. The molecule has 1 unspecified atom stereocenters. The van der Waals surface area contributed by atoms with E-state index in [4.69, 9.17) is 54.7 Å². The number of imidazole rings is 1. The normalized spacial score (nSPS) is 14.6. The van der Waals surface area contributed by atoms with Gasteiger partial charge in [0.2, 0.25) is 9.70 Å². The Hall–Kier alpha value is -3.58. The van der Waals surface area contributed by atoms with Crippen LogP contribution in [-0.2, 0) is 38.2 Å². The third-order valence-electron chi connectivity index (χ3n) is 7.48. The Kier molecular flexibility index (Phi) is 11.2. The van der Waals surface area contributed by atoms with Crippen LogP contribution in [0, 0.1) is 5.41 Å². The molecule has 242 valence electrons. The van der Waals surface area contributed by atoms with Gasteiger partial charge in [0, 0.05) is 31.4 Å². The van der Waals surface area contributed by atoms with E-state index in [1.165, 1.54) is 0 Å². The number of nitrogens with one attached hydrogen (secondary N) is 4. The predicted octanol–water partition coefficient (Wildman–Crippen LogP) is 4.60. The first-order chi connectivity index (χ1) is 21.3. The number of hydrogen-bond acceptors (Lipinski definition) is 9. The number of esters is 1. The van der Waals surface area contributed by atoms with Gasteiger partial charge in [0.05, 0.1) is 30.7 Å². The molecular weight excluding hydrogens is 645 g/mol. The second-order valence-electron chi connectivity index (χ2n) is 10.7. The Morgan fingerprint density at radius 1 is 1.04 bits per heavy atom. The number of alkyl carbamates (subject to hydrolysis) is 1. The van der Waals surface area contributed by atoms with Crippen molar-refractivity contribution in [3.05, 3.63) is 59.4 Å². The highest BCUT2D eigenvalue weighted by Crippen LogP contribution is 2.29. The highest BCUT2D eigenvalue weighted by molar-refractivity contribution is 6.67. The van der Waals surface area contributed by atoms with E-state index in [1.54, 1.807) is 38.1 Å². The number of nitrogens with zero attached hydrogens (tertiary/aromatic N) is 3. The average Bonchev–Trinajstić information content (AvgIpc) is 3.65. The molecule has 4 rings (SSSR count). The van der Waals surface area contributed by atoms with Crippen LogP contribution in [0.4, 0.5) is 10.5 Å². The maximum atomic E-state index is 13.7. The number of aromatic nitrogens is 2. The van der Waals surface area contributed by atoms with E-state index >= 15 is 0 Å². The van der Waals surface area contributed by atoms with Gasteiger partial charge in [0.1, 0.15) is 23.8 Å². The Labute approximate surface area is 276 Å². The highest BCUT2D eigenvalue weighted by atomic mass is 35.6. The van der Waals surface area contributed by atoms with Crippen LogP contribution in [0.1, 0.15) is 43.6 Å². The summed E-state index contributed by atoms with van der Waals surface area (Å²) >= 11 is 16.7. The number of aryl methyl sites for hydroxylation is 1. The van der Waals surface area contributed by atoms with Gasteiger partial charge < -0.3 is 24.3 Å². The van der Waals surface area contributed by atoms with Crippen LogP contribution in [0.5, 0.6) is 0 Å². The van der Waals surface area contributed by atoms with Crippen LogP contribution >= 0.6 is 34.8 Å². The molecule has 2 heterocycles. The zero-order valence-corrected chi connectivity index (χ0v) is 27.5. The monoisotopic (exact) mass is 679 g/mol. The fourth-order valence-electron chi connectivity index (χ4n) is 5.01. The topological polar surface area (TPSA) is 151 Å². The minimum atomic E-state index is -1.75. The molecule has 0 saturated carbocycles. The minimum Gasteiger partial charge on any atom is -0.465 e. The number of fused-ring (bicyclic) bond motifs is 1. The van der Waals surface area contributed by atoms with Crippen molar-refractivity contribution >= 4 is 75.3 Å². The first-order valence-corrected chi connectivity index (χ1v) is 15.5. The minimum absolute atomic E-state index is 0.0899. The van der Waals surface area contributed by atoms with E-state index in [1.807, 2.05) is 34.7 Å². The molecule has 1 fully saturated rings. The lowest BCUT2D eigenvalue weighted by Crippen LogP contribution is -2.54. The van der Waals surface area contributed by atoms with Crippen LogP contribution < -0.4 is 16.0 Å². The molecule has 1 aliphatic rings. The number of amidine groups is 1. The molecule has 15 heteroatoms. The smallest absolute Gasteiger partial charge is 0.412 e. The second-order valence-corrected chi connectivity index (χ2v) is 13.2. The number of likely N-dealkylation sites (tertiary alicyclic amines) is 1. The zero-order chi connectivity index (χ0) is 32.8. The maximum Gasteiger partial charge on any atom is 0.412 e. The highest BCUT2D eigenvalue weighted by Gasteiger charge is 2.40. The number of alkyl halides is 3. The van der Waals surface area contributed by atoms with Gasteiger partial charge in [-0.1, -0.05) is 40.9 Å². The summed E-state index contributed by atoms with van der Waals surface area (Å²) in [7, 11) is 1.91. The first kappa shape index (κ1) is 34.3. The van der Waals surface area contributed by atoms with Crippen molar-refractivity contribution < 1.29 is 23.9 Å². The van der Waals surface area contributed by atoms with Gasteiger partial charge in [-0.3, -0.25) is 25.6 Å². The van der Waals surface area contributed by atoms with Crippen molar-refractivity contribution in [1.29, 1.82) is 5.41 Å². The Bertz CT molecular complexity index is 1550. The van der Waals surface area contributed by atoms with Crippen molar-refractivity contribution in [2.75, 3.05) is 38.2 Å². The molecular formula is C30H36Cl3N7O5. The van der Waals surface area contributed by atoms with Gasteiger partial charge in [0.25, 0.3) is 0 Å². The summed E-state index contributed by atoms with van der Waals surface area (Å²) in [5.41, 5.74) is 2.37. The molecule has 3 aromatic rings. The van der Waals surface area contributed by atoms with Crippen LogP contribution in [-0.4, -0.2) is 74.9 Å². The summed E-state index contributed by atoms with van der Waals surface area (Å²) in [6.07, 6.45) is 0.992. The summed E-state index contributed by atoms with van der Waals surface area (Å²) in [5.74, 6) is 0.0668. The number of rotatable bonds is 11. The number of carbonyl (C=O) groups is 3. The van der Waals surface area contributed by atoms with Crippen molar-refractivity contribution in [3.8, 4) is 0 Å². The van der Waals surface area contributed by atoms with E-state index in [0.717, 1.165) is 29.9 Å². The van der Waals surface area contributed by atoms with E-state index in [-0.39, 0.29) is 24.9 Å². The number of ether oxygens (including phenoxy) is 2. The van der Waals surface area contributed by atoms with Gasteiger partial charge in [-0.25, -0.2) is 9.78 Å². The zero-order valence-electron chi connectivity index (χ0n) is 25.2. The number of amides is 2. The summed E-state index contributed by atoms with van der Waals surface area (Å²) in [6.45, 7) is 5.00.